The minimum atomic E-state index is -3.97. The van der Waals surface area contributed by atoms with Crippen LogP contribution in [0.4, 0.5) is 5.69 Å². The standard InChI is InChI=1S/C18H18N2O7S/c1-3-26-15-7-5-4-6-13(15)19-28(23,24)12-8-9-14-16(10-12)27-18(22)20(14)11-17(21)25-2/h4-10,19H,3,11H2,1-2H3. The van der Waals surface area contributed by atoms with E-state index in [2.05, 4.69) is 9.46 Å². The summed E-state index contributed by atoms with van der Waals surface area (Å²) in [6.07, 6.45) is 0. The Kier molecular flexibility index (Phi) is 5.41. The van der Waals surface area contributed by atoms with Gasteiger partial charge in [0.1, 0.15) is 12.3 Å². The third-order valence-electron chi connectivity index (χ3n) is 3.90. The number of carbonyl (C=O) groups is 1. The lowest BCUT2D eigenvalue weighted by molar-refractivity contribution is -0.141. The van der Waals surface area contributed by atoms with E-state index in [0.717, 1.165) is 4.57 Å². The SMILES string of the molecule is CCOc1ccccc1NS(=O)(=O)c1ccc2c(c1)oc(=O)n2CC(=O)OC. The van der Waals surface area contributed by atoms with Gasteiger partial charge in [0.25, 0.3) is 10.0 Å². The molecular weight excluding hydrogens is 388 g/mol. The van der Waals surface area contributed by atoms with Crippen molar-refractivity contribution in [3.63, 3.8) is 0 Å². The highest BCUT2D eigenvalue weighted by Gasteiger charge is 2.20. The van der Waals surface area contributed by atoms with Gasteiger partial charge in [-0.25, -0.2) is 13.2 Å². The van der Waals surface area contributed by atoms with E-state index in [-0.39, 0.29) is 28.2 Å². The van der Waals surface area contributed by atoms with Crippen LogP contribution in [0.1, 0.15) is 6.92 Å². The molecule has 1 heterocycles. The molecule has 0 aliphatic carbocycles. The number of sulfonamides is 1. The predicted molar refractivity (Wildman–Crippen MR) is 101 cm³/mol. The highest BCUT2D eigenvalue weighted by Crippen LogP contribution is 2.27. The molecule has 0 saturated carbocycles. The monoisotopic (exact) mass is 406 g/mol. The summed E-state index contributed by atoms with van der Waals surface area (Å²) in [5.74, 6) is -1.02. The van der Waals surface area contributed by atoms with Crippen molar-refractivity contribution in [1.29, 1.82) is 0 Å². The number of oxazole rings is 1. The summed E-state index contributed by atoms with van der Waals surface area (Å²) in [5, 5.41) is 0. The molecule has 28 heavy (non-hydrogen) atoms. The van der Waals surface area contributed by atoms with Crippen LogP contribution in [-0.2, 0) is 26.1 Å². The molecule has 0 amide bonds. The van der Waals surface area contributed by atoms with E-state index in [0.29, 0.717) is 12.4 Å². The smallest absolute Gasteiger partial charge is 0.420 e. The molecule has 0 unspecified atom stereocenters. The first-order valence-electron chi connectivity index (χ1n) is 8.30. The average molecular weight is 406 g/mol. The molecule has 0 aliphatic heterocycles. The Hall–Kier alpha value is -3.27. The summed E-state index contributed by atoms with van der Waals surface area (Å²) in [5.41, 5.74) is 0.605. The van der Waals surface area contributed by atoms with Gasteiger partial charge in [-0.15, -0.1) is 0 Å². The normalized spacial score (nSPS) is 11.4. The van der Waals surface area contributed by atoms with Gasteiger partial charge in [0.05, 0.1) is 29.8 Å². The van der Waals surface area contributed by atoms with Crippen LogP contribution in [0.25, 0.3) is 11.1 Å². The maximum absolute atomic E-state index is 12.8. The van der Waals surface area contributed by atoms with Gasteiger partial charge in [-0.05, 0) is 31.2 Å². The average Bonchev–Trinajstić information content (AvgIpc) is 2.98. The van der Waals surface area contributed by atoms with Gasteiger partial charge in [0.2, 0.25) is 0 Å². The molecule has 148 valence electrons. The number of benzene rings is 2. The van der Waals surface area contributed by atoms with Gasteiger partial charge < -0.3 is 13.9 Å². The van der Waals surface area contributed by atoms with Crippen molar-refractivity contribution >= 4 is 32.8 Å². The van der Waals surface area contributed by atoms with E-state index in [9.17, 15) is 18.0 Å². The molecule has 0 spiro atoms. The number of methoxy groups -OCH3 is 1. The van der Waals surface area contributed by atoms with Gasteiger partial charge in [-0.1, -0.05) is 12.1 Å². The molecule has 0 fully saturated rings. The number of carbonyl (C=O) groups excluding carboxylic acids is 1. The summed E-state index contributed by atoms with van der Waals surface area (Å²) in [4.78, 5) is 23.3. The summed E-state index contributed by atoms with van der Waals surface area (Å²) in [7, 11) is -2.77. The van der Waals surface area contributed by atoms with E-state index in [1.807, 2.05) is 0 Å². The maximum atomic E-state index is 12.8. The van der Waals surface area contributed by atoms with Crippen molar-refractivity contribution in [2.75, 3.05) is 18.4 Å². The number of ether oxygens (including phenoxy) is 2. The predicted octanol–water partition coefficient (Wildman–Crippen LogP) is 1.97. The largest absolute Gasteiger partial charge is 0.492 e. The van der Waals surface area contributed by atoms with Gasteiger partial charge in [0.15, 0.2) is 5.58 Å². The van der Waals surface area contributed by atoms with Crippen molar-refractivity contribution in [2.24, 2.45) is 0 Å². The number of hydrogen-bond acceptors (Lipinski definition) is 7. The van der Waals surface area contributed by atoms with Crippen molar-refractivity contribution in [3.05, 3.63) is 53.0 Å². The lowest BCUT2D eigenvalue weighted by Gasteiger charge is -2.12. The van der Waals surface area contributed by atoms with E-state index in [1.54, 1.807) is 31.2 Å². The molecule has 0 bridgehead atoms. The van der Waals surface area contributed by atoms with Gasteiger partial charge in [-0.2, -0.15) is 0 Å². The second-order valence-electron chi connectivity index (χ2n) is 5.69. The van der Waals surface area contributed by atoms with Crippen LogP contribution in [0.5, 0.6) is 5.75 Å². The van der Waals surface area contributed by atoms with Crippen LogP contribution in [-0.4, -0.2) is 32.7 Å². The van der Waals surface area contributed by atoms with Crippen LogP contribution < -0.4 is 15.2 Å². The highest BCUT2D eigenvalue weighted by atomic mass is 32.2. The quantitative estimate of drug-likeness (QED) is 0.596. The molecule has 3 aromatic rings. The Labute approximate surface area is 160 Å². The maximum Gasteiger partial charge on any atom is 0.420 e. The van der Waals surface area contributed by atoms with Crippen LogP contribution in [0.15, 0.2) is 56.6 Å². The molecule has 1 N–H and O–H groups in total. The second kappa shape index (κ2) is 7.77. The zero-order valence-corrected chi connectivity index (χ0v) is 16.0. The first kappa shape index (κ1) is 19.5. The van der Waals surface area contributed by atoms with Gasteiger partial charge in [0, 0.05) is 6.07 Å². The van der Waals surface area contributed by atoms with Crippen molar-refractivity contribution in [3.8, 4) is 5.75 Å². The van der Waals surface area contributed by atoms with Crippen molar-refractivity contribution in [2.45, 2.75) is 18.4 Å². The van der Waals surface area contributed by atoms with Crippen LogP contribution in [0.2, 0.25) is 0 Å². The molecule has 0 radical (unpaired) electrons. The Morgan fingerprint density at radius 1 is 1.21 bits per heavy atom. The lowest BCUT2D eigenvalue weighted by atomic mass is 10.3. The fourth-order valence-electron chi connectivity index (χ4n) is 2.59. The van der Waals surface area contributed by atoms with Gasteiger partial charge >= 0.3 is 11.7 Å². The van der Waals surface area contributed by atoms with Crippen LogP contribution >= 0.6 is 0 Å². The zero-order chi connectivity index (χ0) is 20.3. The summed E-state index contributed by atoms with van der Waals surface area (Å²) in [6, 6.07) is 10.6. The van der Waals surface area contributed by atoms with Crippen molar-refractivity contribution in [1.82, 2.24) is 4.57 Å². The molecule has 3 rings (SSSR count). The van der Waals surface area contributed by atoms with E-state index < -0.39 is 21.7 Å². The Balaban J connectivity index is 1.97. The van der Waals surface area contributed by atoms with E-state index in [1.165, 1.54) is 25.3 Å². The Morgan fingerprint density at radius 2 is 1.96 bits per heavy atom. The third kappa shape index (κ3) is 3.86. The molecule has 10 heteroatoms. The second-order valence-corrected chi connectivity index (χ2v) is 7.38. The molecule has 0 aliphatic rings. The Morgan fingerprint density at radius 3 is 2.68 bits per heavy atom. The number of hydrogen-bond donors (Lipinski definition) is 1. The molecule has 0 atom stereocenters. The minimum absolute atomic E-state index is 0.0369. The number of aromatic nitrogens is 1. The number of fused-ring (bicyclic) bond motifs is 1. The van der Waals surface area contributed by atoms with E-state index in [4.69, 9.17) is 9.15 Å². The summed E-state index contributed by atoms with van der Waals surface area (Å²) >= 11 is 0. The first-order chi connectivity index (χ1) is 13.4. The summed E-state index contributed by atoms with van der Waals surface area (Å²) < 4.78 is 44.1. The molecule has 2 aromatic carbocycles. The first-order valence-corrected chi connectivity index (χ1v) is 9.79. The number of nitrogens with one attached hydrogen (secondary N) is 1. The highest BCUT2D eigenvalue weighted by molar-refractivity contribution is 7.92. The number of para-hydroxylation sites is 2. The number of anilines is 1. The van der Waals surface area contributed by atoms with Crippen LogP contribution in [0, 0.1) is 0 Å². The lowest BCUT2D eigenvalue weighted by Crippen LogP contribution is -2.20. The fourth-order valence-corrected chi connectivity index (χ4v) is 3.68. The fraction of sp³-hybridized carbons (Fsp3) is 0.222. The molecule has 1 aromatic heterocycles. The van der Waals surface area contributed by atoms with Gasteiger partial charge in [-0.3, -0.25) is 14.1 Å². The molecule has 0 saturated heterocycles. The Bertz CT molecular complexity index is 1180. The van der Waals surface area contributed by atoms with Crippen molar-refractivity contribution < 1.29 is 27.1 Å². The topological polar surface area (TPSA) is 117 Å². The molecular formula is C18H18N2O7S. The number of esters is 1. The zero-order valence-electron chi connectivity index (χ0n) is 15.2. The number of nitrogens with zero attached hydrogens (tertiary/aromatic N) is 1. The van der Waals surface area contributed by atoms with E-state index >= 15 is 0 Å². The van der Waals surface area contributed by atoms with Crippen LogP contribution in [0.3, 0.4) is 0 Å². The third-order valence-corrected chi connectivity index (χ3v) is 5.26. The number of rotatable bonds is 7. The molecule has 9 nitrogen and oxygen atoms in total. The minimum Gasteiger partial charge on any atom is -0.492 e. The summed E-state index contributed by atoms with van der Waals surface area (Å²) in [6.45, 7) is 1.83.